The highest BCUT2D eigenvalue weighted by Crippen LogP contribution is 2.45. The summed E-state index contributed by atoms with van der Waals surface area (Å²) in [5.41, 5.74) is 3.44. The number of hydrogen-bond donors (Lipinski definition) is 0. The minimum absolute atomic E-state index is 0.0905. The molecule has 206 valence electrons. The van der Waals surface area contributed by atoms with E-state index in [1.54, 1.807) is 12.1 Å². The van der Waals surface area contributed by atoms with Gasteiger partial charge < -0.3 is 14.2 Å². The first kappa shape index (κ1) is 27.5. The van der Waals surface area contributed by atoms with Crippen LogP contribution in [0.4, 0.5) is 18.3 Å². The maximum absolute atomic E-state index is 13.3. The quantitative estimate of drug-likeness (QED) is 0.254. The summed E-state index contributed by atoms with van der Waals surface area (Å²) < 4.78 is 48.2. The van der Waals surface area contributed by atoms with Crippen LogP contribution in [0.1, 0.15) is 56.6 Å². The molecule has 0 saturated carbocycles. The van der Waals surface area contributed by atoms with Gasteiger partial charge in [-0.05, 0) is 63.9 Å². The fourth-order valence-electron chi connectivity index (χ4n) is 4.81. The Balaban J connectivity index is 1.65. The normalized spacial score (nSPS) is 15.1. The molecule has 2 aromatic carbocycles. The van der Waals surface area contributed by atoms with Crippen molar-refractivity contribution in [2.24, 2.45) is 0 Å². The molecule has 0 saturated heterocycles. The van der Waals surface area contributed by atoms with E-state index in [4.69, 9.17) is 21.3 Å². The summed E-state index contributed by atoms with van der Waals surface area (Å²) in [5.74, 6) is -0.873. The molecule has 1 aliphatic rings. The van der Waals surface area contributed by atoms with Crippen LogP contribution in [0.2, 0.25) is 5.02 Å². The van der Waals surface area contributed by atoms with E-state index in [1.165, 1.54) is 18.3 Å². The van der Waals surface area contributed by atoms with Crippen molar-refractivity contribution in [3.8, 4) is 11.1 Å². The van der Waals surface area contributed by atoms with Crippen LogP contribution in [0.5, 0.6) is 0 Å². The Kier molecular flexibility index (Phi) is 6.97. The number of thiazole rings is 1. The van der Waals surface area contributed by atoms with Crippen LogP contribution in [0.25, 0.3) is 21.3 Å². The SMILES string of the molecule is CC(=O)[C@@H](OC(C)(C)C)c1c(C)cc2nc(N3CCn4c(nnc4C(F)(F)F)C3)sc2c1-c1ccc(Cl)cc1. The van der Waals surface area contributed by atoms with Crippen LogP contribution in [0, 0.1) is 6.92 Å². The predicted molar refractivity (Wildman–Crippen MR) is 145 cm³/mol. The van der Waals surface area contributed by atoms with Crippen LogP contribution < -0.4 is 4.90 Å². The van der Waals surface area contributed by atoms with Gasteiger partial charge in [0, 0.05) is 29.2 Å². The second kappa shape index (κ2) is 9.87. The topological polar surface area (TPSA) is 73.1 Å². The number of alkyl halides is 3. The third-order valence-electron chi connectivity index (χ3n) is 6.43. The maximum atomic E-state index is 13.3. The Morgan fingerprint density at radius 2 is 1.82 bits per heavy atom. The average Bonchev–Trinajstić information content (AvgIpc) is 3.45. The molecule has 2 aromatic heterocycles. The average molecular weight is 578 g/mol. The van der Waals surface area contributed by atoms with Gasteiger partial charge in [0.25, 0.3) is 0 Å². The van der Waals surface area contributed by atoms with Crippen molar-refractivity contribution >= 4 is 44.1 Å². The molecule has 0 radical (unpaired) electrons. The lowest BCUT2D eigenvalue weighted by atomic mass is 9.90. The second-order valence-electron chi connectivity index (χ2n) is 10.6. The van der Waals surface area contributed by atoms with E-state index in [1.807, 2.05) is 50.8 Å². The molecule has 3 heterocycles. The number of nitrogens with zero attached hydrogens (tertiary/aromatic N) is 5. The van der Waals surface area contributed by atoms with Crippen molar-refractivity contribution in [3.05, 3.63) is 58.1 Å². The lowest BCUT2D eigenvalue weighted by molar-refractivity contribution is -0.147. The Labute approximate surface area is 232 Å². The summed E-state index contributed by atoms with van der Waals surface area (Å²) in [6.45, 7) is 9.72. The number of carbonyl (C=O) groups is 1. The van der Waals surface area contributed by atoms with Gasteiger partial charge in [-0.25, -0.2) is 4.98 Å². The smallest absolute Gasteiger partial charge is 0.360 e. The van der Waals surface area contributed by atoms with Gasteiger partial charge in [-0.15, -0.1) is 10.2 Å². The molecule has 12 heteroatoms. The highest BCUT2D eigenvalue weighted by molar-refractivity contribution is 7.22. The number of aryl methyl sites for hydroxylation is 1. The van der Waals surface area contributed by atoms with Crippen molar-refractivity contribution < 1.29 is 22.7 Å². The summed E-state index contributed by atoms with van der Waals surface area (Å²) in [5, 5.41) is 8.40. The zero-order valence-electron chi connectivity index (χ0n) is 22.1. The maximum Gasteiger partial charge on any atom is 0.451 e. The van der Waals surface area contributed by atoms with Crippen LogP contribution in [0.3, 0.4) is 0 Å². The lowest BCUT2D eigenvalue weighted by Gasteiger charge is -2.29. The first-order valence-corrected chi connectivity index (χ1v) is 13.5. The van der Waals surface area contributed by atoms with Crippen molar-refractivity contribution in [1.82, 2.24) is 19.7 Å². The molecule has 0 spiro atoms. The molecule has 0 aliphatic carbocycles. The van der Waals surface area contributed by atoms with E-state index < -0.39 is 23.7 Å². The molecule has 39 heavy (non-hydrogen) atoms. The van der Waals surface area contributed by atoms with Gasteiger partial charge >= 0.3 is 6.18 Å². The van der Waals surface area contributed by atoms with Crippen LogP contribution in [-0.2, 0) is 28.8 Å². The Morgan fingerprint density at radius 3 is 2.44 bits per heavy atom. The number of carbonyl (C=O) groups excluding carboxylic acids is 1. The van der Waals surface area contributed by atoms with E-state index in [0.29, 0.717) is 16.7 Å². The number of aromatic nitrogens is 4. The van der Waals surface area contributed by atoms with Gasteiger partial charge in [-0.1, -0.05) is 35.1 Å². The first-order valence-electron chi connectivity index (χ1n) is 12.4. The number of ether oxygens (including phenoxy) is 1. The summed E-state index contributed by atoms with van der Waals surface area (Å²) in [4.78, 5) is 19.7. The van der Waals surface area contributed by atoms with E-state index >= 15 is 0 Å². The van der Waals surface area contributed by atoms with Crippen molar-refractivity contribution in [1.29, 1.82) is 0 Å². The highest BCUT2D eigenvalue weighted by atomic mass is 35.5. The Morgan fingerprint density at radius 1 is 1.13 bits per heavy atom. The van der Waals surface area contributed by atoms with Crippen LogP contribution in [-0.4, -0.2) is 37.7 Å². The fourth-order valence-corrected chi connectivity index (χ4v) is 6.08. The molecule has 1 aliphatic heterocycles. The molecule has 0 unspecified atom stereocenters. The number of ketones is 1. The molecule has 0 bridgehead atoms. The number of hydrogen-bond acceptors (Lipinski definition) is 7. The minimum Gasteiger partial charge on any atom is -0.360 e. The van der Waals surface area contributed by atoms with Crippen molar-refractivity contribution in [2.75, 3.05) is 11.4 Å². The van der Waals surface area contributed by atoms with E-state index in [0.717, 1.165) is 37.0 Å². The first-order chi connectivity index (χ1) is 18.2. The standard InChI is InChI=1S/C27H27ClF3N5O2S/c1-14-12-18-23(39-25(32-18)35-10-11-36-19(13-35)33-34-24(36)27(29,30)31)21(16-6-8-17(28)9-7-16)20(14)22(15(2)37)38-26(3,4)5/h6-9,12,22H,10-11,13H2,1-5H3/t22-/m1/s1. The number of benzene rings is 2. The van der Waals surface area contributed by atoms with E-state index in [-0.39, 0.29) is 24.7 Å². The number of rotatable bonds is 5. The Hall–Kier alpha value is -3.02. The fraction of sp³-hybridized carbons (Fsp3) is 0.407. The van der Waals surface area contributed by atoms with E-state index in [9.17, 15) is 18.0 Å². The highest BCUT2D eigenvalue weighted by Gasteiger charge is 2.40. The molecule has 0 fully saturated rings. The van der Waals surface area contributed by atoms with Gasteiger partial charge in [0.15, 0.2) is 16.7 Å². The number of fused-ring (bicyclic) bond motifs is 2. The summed E-state index contributed by atoms with van der Waals surface area (Å²) >= 11 is 7.61. The molecule has 0 amide bonds. The van der Waals surface area contributed by atoms with Gasteiger partial charge in [-0.3, -0.25) is 4.79 Å². The zero-order valence-corrected chi connectivity index (χ0v) is 23.6. The van der Waals surface area contributed by atoms with Gasteiger partial charge in [0.1, 0.15) is 6.10 Å². The van der Waals surface area contributed by atoms with E-state index in [2.05, 4.69) is 10.2 Å². The third-order valence-corrected chi connectivity index (χ3v) is 7.83. The van der Waals surface area contributed by atoms with Crippen molar-refractivity contribution in [3.63, 3.8) is 0 Å². The van der Waals surface area contributed by atoms with Crippen molar-refractivity contribution in [2.45, 2.75) is 65.6 Å². The predicted octanol–water partition coefficient (Wildman–Crippen LogP) is 7.00. The monoisotopic (exact) mass is 577 g/mol. The molecule has 5 rings (SSSR count). The molecule has 1 atom stereocenters. The summed E-state index contributed by atoms with van der Waals surface area (Å²) in [6, 6.07) is 9.31. The summed E-state index contributed by atoms with van der Waals surface area (Å²) in [7, 11) is 0. The number of halogens is 4. The molecular formula is C27H27ClF3N5O2S. The minimum atomic E-state index is -4.56. The second-order valence-corrected chi connectivity index (χ2v) is 12.0. The van der Waals surface area contributed by atoms with Gasteiger partial charge in [0.05, 0.1) is 22.4 Å². The van der Waals surface area contributed by atoms with Gasteiger partial charge in [-0.2, -0.15) is 13.2 Å². The largest absolute Gasteiger partial charge is 0.451 e. The third kappa shape index (κ3) is 5.39. The van der Waals surface area contributed by atoms with Crippen LogP contribution in [0.15, 0.2) is 30.3 Å². The molecule has 4 aromatic rings. The summed E-state index contributed by atoms with van der Waals surface area (Å²) in [6.07, 6.45) is -5.37. The zero-order chi connectivity index (χ0) is 28.3. The molecule has 0 N–H and O–H groups in total. The lowest BCUT2D eigenvalue weighted by Crippen LogP contribution is -2.35. The van der Waals surface area contributed by atoms with Gasteiger partial charge in [0.2, 0.25) is 5.82 Å². The molecule has 7 nitrogen and oxygen atoms in total. The Bertz CT molecular complexity index is 1560. The number of anilines is 1. The van der Waals surface area contributed by atoms with Crippen LogP contribution >= 0.6 is 22.9 Å². The number of Topliss-reactive ketones (excluding diaryl/α,β-unsaturated/α-hetero) is 1. The molecular weight excluding hydrogens is 551 g/mol.